The zero-order chi connectivity index (χ0) is 27.9. The van der Waals surface area contributed by atoms with Crippen LogP contribution >= 0.6 is 0 Å². The van der Waals surface area contributed by atoms with Gasteiger partial charge in [0.05, 0.1) is 38.6 Å². The van der Waals surface area contributed by atoms with Crippen LogP contribution in [0, 0.1) is 0 Å². The zero-order valence-corrected chi connectivity index (χ0v) is 23.8. The SMILES string of the molecule is COc1cc2cc(-c3ccc(C4(C(C)N5CCN(c6ccccc6OC)CC5)OCO4)cc3)n(C)c2cc1OC. The molecule has 1 unspecified atom stereocenters. The van der Waals surface area contributed by atoms with Gasteiger partial charge in [-0.2, -0.15) is 0 Å². The van der Waals surface area contributed by atoms with E-state index in [1.807, 2.05) is 24.3 Å². The highest BCUT2D eigenvalue weighted by atomic mass is 16.9. The van der Waals surface area contributed by atoms with Crippen LogP contribution in [0.2, 0.25) is 0 Å². The second kappa shape index (κ2) is 10.7. The minimum atomic E-state index is -0.773. The van der Waals surface area contributed by atoms with Crippen molar-refractivity contribution in [3.63, 3.8) is 0 Å². The summed E-state index contributed by atoms with van der Waals surface area (Å²) in [5.41, 5.74) is 5.49. The first-order valence-corrected chi connectivity index (χ1v) is 13.7. The van der Waals surface area contributed by atoms with Crippen LogP contribution < -0.4 is 19.1 Å². The average Bonchev–Trinajstić information content (AvgIpc) is 3.31. The molecule has 2 aliphatic heterocycles. The molecule has 3 heterocycles. The highest BCUT2D eigenvalue weighted by molar-refractivity contribution is 5.89. The zero-order valence-electron chi connectivity index (χ0n) is 23.8. The summed E-state index contributed by atoms with van der Waals surface area (Å²) >= 11 is 0. The van der Waals surface area contributed by atoms with E-state index in [2.05, 4.69) is 70.8 Å². The number of para-hydroxylation sites is 2. The molecule has 0 spiro atoms. The van der Waals surface area contributed by atoms with Crippen molar-refractivity contribution in [3.05, 3.63) is 72.3 Å². The lowest BCUT2D eigenvalue weighted by Gasteiger charge is -2.51. The molecule has 0 saturated carbocycles. The van der Waals surface area contributed by atoms with Gasteiger partial charge in [0.25, 0.3) is 0 Å². The normalized spacial score (nSPS) is 17.9. The van der Waals surface area contributed by atoms with E-state index in [-0.39, 0.29) is 6.04 Å². The van der Waals surface area contributed by atoms with E-state index in [0.717, 1.165) is 76.8 Å². The summed E-state index contributed by atoms with van der Waals surface area (Å²) in [6.45, 7) is 6.16. The fourth-order valence-corrected chi connectivity index (χ4v) is 6.13. The van der Waals surface area contributed by atoms with Crippen molar-refractivity contribution in [2.24, 2.45) is 7.05 Å². The molecule has 2 aliphatic rings. The number of ether oxygens (including phenoxy) is 5. The Kier molecular flexibility index (Phi) is 7.08. The van der Waals surface area contributed by atoms with Crippen LogP contribution in [-0.4, -0.2) is 69.8 Å². The van der Waals surface area contributed by atoms with Crippen LogP contribution in [0.25, 0.3) is 22.2 Å². The lowest BCUT2D eigenvalue weighted by atomic mass is 9.94. The van der Waals surface area contributed by atoms with Gasteiger partial charge in [0.2, 0.25) is 5.79 Å². The summed E-state index contributed by atoms with van der Waals surface area (Å²) in [4.78, 5) is 4.85. The molecule has 0 aliphatic carbocycles. The molecule has 8 heteroatoms. The Hall–Kier alpha value is -3.72. The van der Waals surface area contributed by atoms with Gasteiger partial charge in [-0.15, -0.1) is 0 Å². The topological polar surface area (TPSA) is 57.6 Å². The van der Waals surface area contributed by atoms with Crippen LogP contribution in [0.5, 0.6) is 17.2 Å². The van der Waals surface area contributed by atoms with Crippen LogP contribution in [-0.2, 0) is 22.3 Å². The summed E-state index contributed by atoms with van der Waals surface area (Å²) < 4.78 is 31.2. The number of hydrogen-bond donors (Lipinski definition) is 0. The van der Waals surface area contributed by atoms with Gasteiger partial charge in [-0.3, -0.25) is 4.90 Å². The van der Waals surface area contributed by atoms with Gasteiger partial charge in [0.15, 0.2) is 18.3 Å². The molecule has 2 fully saturated rings. The number of fused-ring (bicyclic) bond motifs is 1. The van der Waals surface area contributed by atoms with E-state index in [9.17, 15) is 0 Å². The van der Waals surface area contributed by atoms with Crippen molar-refractivity contribution in [2.45, 2.75) is 18.8 Å². The van der Waals surface area contributed by atoms with Crippen molar-refractivity contribution in [1.82, 2.24) is 9.47 Å². The van der Waals surface area contributed by atoms with E-state index in [0.29, 0.717) is 6.79 Å². The monoisotopic (exact) mass is 543 g/mol. The molecule has 0 radical (unpaired) electrons. The number of piperazine rings is 1. The molecule has 0 amide bonds. The van der Waals surface area contributed by atoms with E-state index in [1.165, 1.54) is 0 Å². The van der Waals surface area contributed by atoms with E-state index in [4.69, 9.17) is 23.7 Å². The third-order valence-electron chi connectivity index (χ3n) is 8.52. The summed E-state index contributed by atoms with van der Waals surface area (Å²) in [6.07, 6.45) is 0. The minimum absolute atomic E-state index is 0.0597. The molecule has 0 N–H and O–H groups in total. The molecule has 0 bridgehead atoms. The highest BCUT2D eigenvalue weighted by Crippen LogP contribution is 2.42. The Balaban J connectivity index is 1.21. The molecule has 2 saturated heterocycles. The third kappa shape index (κ3) is 4.36. The Morgan fingerprint density at radius 3 is 2.05 bits per heavy atom. The fourth-order valence-electron chi connectivity index (χ4n) is 6.13. The number of aromatic nitrogens is 1. The second-order valence-electron chi connectivity index (χ2n) is 10.4. The van der Waals surface area contributed by atoms with Crippen molar-refractivity contribution >= 4 is 16.6 Å². The Morgan fingerprint density at radius 1 is 0.775 bits per heavy atom. The number of anilines is 1. The number of rotatable bonds is 8. The van der Waals surface area contributed by atoms with E-state index < -0.39 is 5.79 Å². The predicted molar refractivity (Wildman–Crippen MR) is 156 cm³/mol. The van der Waals surface area contributed by atoms with Gasteiger partial charge in [0.1, 0.15) is 5.75 Å². The maximum absolute atomic E-state index is 6.21. The lowest BCUT2D eigenvalue weighted by Crippen LogP contribution is -2.61. The Morgan fingerprint density at radius 2 is 1.43 bits per heavy atom. The molecule has 3 aromatic carbocycles. The summed E-state index contributed by atoms with van der Waals surface area (Å²) in [7, 11) is 7.12. The molecule has 6 rings (SSSR count). The molecule has 4 aromatic rings. The van der Waals surface area contributed by atoms with Crippen LogP contribution in [0.3, 0.4) is 0 Å². The van der Waals surface area contributed by atoms with Crippen LogP contribution in [0.1, 0.15) is 12.5 Å². The van der Waals surface area contributed by atoms with Crippen molar-refractivity contribution in [2.75, 3.05) is 59.2 Å². The van der Waals surface area contributed by atoms with Crippen LogP contribution in [0.15, 0.2) is 66.7 Å². The Labute approximate surface area is 235 Å². The predicted octanol–water partition coefficient (Wildman–Crippen LogP) is 5.24. The quantitative estimate of drug-likeness (QED) is 0.301. The van der Waals surface area contributed by atoms with Gasteiger partial charge < -0.3 is 33.2 Å². The van der Waals surface area contributed by atoms with Gasteiger partial charge >= 0.3 is 0 Å². The van der Waals surface area contributed by atoms with Crippen molar-refractivity contribution in [3.8, 4) is 28.5 Å². The number of benzene rings is 3. The van der Waals surface area contributed by atoms with Gasteiger partial charge in [-0.1, -0.05) is 36.4 Å². The van der Waals surface area contributed by atoms with Gasteiger partial charge in [-0.25, -0.2) is 0 Å². The number of hydrogen-bond acceptors (Lipinski definition) is 7. The molecular formula is C32H37N3O5. The first-order chi connectivity index (χ1) is 19.5. The number of aryl methyl sites for hydroxylation is 1. The van der Waals surface area contributed by atoms with E-state index >= 15 is 0 Å². The van der Waals surface area contributed by atoms with Crippen molar-refractivity contribution < 1.29 is 23.7 Å². The summed E-state index contributed by atoms with van der Waals surface area (Å²) in [5, 5.41) is 1.10. The van der Waals surface area contributed by atoms with Crippen molar-refractivity contribution in [1.29, 1.82) is 0 Å². The third-order valence-corrected chi connectivity index (χ3v) is 8.52. The number of methoxy groups -OCH3 is 3. The molecule has 8 nitrogen and oxygen atoms in total. The van der Waals surface area contributed by atoms with Gasteiger partial charge in [-0.05, 0) is 36.8 Å². The maximum Gasteiger partial charge on any atom is 0.215 e. The first kappa shape index (κ1) is 26.5. The van der Waals surface area contributed by atoms with Crippen LogP contribution in [0.4, 0.5) is 5.69 Å². The van der Waals surface area contributed by atoms with E-state index in [1.54, 1.807) is 21.3 Å². The molecule has 1 atom stereocenters. The second-order valence-corrected chi connectivity index (χ2v) is 10.4. The highest BCUT2D eigenvalue weighted by Gasteiger charge is 2.49. The average molecular weight is 544 g/mol. The molecule has 1 aromatic heterocycles. The molecule has 210 valence electrons. The summed E-state index contributed by atoms with van der Waals surface area (Å²) in [6, 6.07) is 23.1. The fraction of sp³-hybridized carbons (Fsp3) is 0.375. The first-order valence-electron chi connectivity index (χ1n) is 13.7. The van der Waals surface area contributed by atoms with Gasteiger partial charge in [0, 0.05) is 55.9 Å². The molecular weight excluding hydrogens is 506 g/mol. The Bertz CT molecular complexity index is 1490. The lowest BCUT2D eigenvalue weighted by molar-refractivity contribution is -0.426. The number of nitrogens with zero attached hydrogens (tertiary/aromatic N) is 3. The smallest absolute Gasteiger partial charge is 0.215 e. The largest absolute Gasteiger partial charge is 0.495 e. The standard InChI is InChI=1S/C32H37N3O5/c1-22(34-14-16-35(17-15-34)26-8-6-7-9-29(26)36-3)32(39-21-40-32)25-12-10-23(11-13-25)27-18-24-19-30(37-4)31(38-5)20-28(24)33(27)2/h6-13,18-20,22H,14-17,21H2,1-5H3. The maximum atomic E-state index is 6.21. The summed E-state index contributed by atoms with van der Waals surface area (Å²) in [5.74, 6) is 1.58. The minimum Gasteiger partial charge on any atom is -0.495 e. The molecule has 40 heavy (non-hydrogen) atoms.